The molecule has 1 unspecified atom stereocenters. The Morgan fingerprint density at radius 1 is 1.00 bits per heavy atom. The molecule has 0 aliphatic rings. The summed E-state index contributed by atoms with van der Waals surface area (Å²) in [7, 11) is -1.58. The van der Waals surface area contributed by atoms with Crippen molar-refractivity contribution in [2.45, 2.75) is 117 Å². The first-order valence-electron chi connectivity index (χ1n) is 11.7. The molecule has 0 aromatic rings. The average molecular weight is 435 g/mol. The number of carbonyl (C=O) groups is 1. The molecule has 0 fully saturated rings. The molecule has 0 heterocycles. The Labute approximate surface area is 187 Å². The van der Waals surface area contributed by atoms with E-state index in [0.29, 0.717) is 5.04 Å². The minimum Gasteiger partial charge on any atom is -0.445 e. The van der Waals surface area contributed by atoms with Gasteiger partial charge in [-0.15, -0.1) is 0 Å². The van der Waals surface area contributed by atoms with Gasteiger partial charge >= 0.3 is 5.97 Å². The first-order valence-corrected chi connectivity index (χ1v) is 14.6. The first kappa shape index (κ1) is 28.7. The highest BCUT2D eigenvalue weighted by atomic mass is 28.4. The highest BCUT2D eigenvalue weighted by Crippen LogP contribution is 2.36. The fourth-order valence-corrected chi connectivity index (χ4v) is 3.67. The molecule has 0 radical (unpaired) electrons. The number of carbonyl (C=O) groups excluding carboxylic acids is 1. The SMILES string of the molecule is CC/C=C\C/C=C/C(C#CCCCCCCCCO[Si](C)(C)C(C)(C)C)OC(C)=O. The summed E-state index contributed by atoms with van der Waals surface area (Å²) in [6.07, 6.45) is 17.6. The number of esters is 1. The van der Waals surface area contributed by atoms with Crippen LogP contribution in [0, 0.1) is 11.8 Å². The second-order valence-electron chi connectivity index (χ2n) is 9.37. The van der Waals surface area contributed by atoms with Crippen LogP contribution in [0.5, 0.6) is 0 Å². The van der Waals surface area contributed by atoms with Crippen LogP contribution in [0.25, 0.3) is 0 Å². The molecule has 0 spiro atoms. The van der Waals surface area contributed by atoms with Crippen molar-refractivity contribution in [3.05, 3.63) is 24.3 Å². The summed E-state index contributed by atoms with van der Waals surface area (Å²) in [6, 6.07) is 0. The van der Waals surface area contributed by atoms with Gasteiger partial charge in [-0.05, 0) is 49.9 Å². The summed E-state index contributed by atoms with van der Waals surface area (Å²) in [5, 5.41) is 0.296. The topological polar surface area (TPSA) is 35.5 Å². The standard InChI is InChI=1S/C26H46O3Si/c1-8-9-10-15-18-21-25(29-24(2)27)22-19-16-13-11-12-14-17-20-23-28-30(6,7)26(3,4)5/h9-10,18,21,25H,8,11-17,20,23H2,1-7H3/b10-9-,21-18+. The van der Waals surface area contributed by atoms with Gasteiger partial charge in [0.1, 0.15) is 0 Å². The maximum absolute atomic E-state index is 11.2. The van der Waals surface area contributed by atoms with E-state index in [1.165, 1.54) is 32.6 Å². The third kappa shape index (κ3) is 15.5. The minimum absolute atomic E-state index is 0.291. The molecule has 0 aromatic carbocycles. The van der Waals surface area contributed by atoms with E-state index in [1.54, 1.807) is 0 Å². The second-order valence-corrected chi connectivity index (χ2v) is 14.2. The van der Waals surface area contributed by atoms with E-state index in [4.69, 9.17) is 9.16 Å². The van der Waals surface area contributed by atoms with Crippen LogP contribution in [0.2, 0.25) is 18.1 Å². The molecule has 0 amide bonds. The summed E-state index contributed by atoms with van der Waals surface area (Å²) in [4.78, 5) is 11.2. The fourth-order valence-electron chi connectivity index (χ4n) is 2.58. The maximum Gasteiger partial charge on any atom is 0.304 e. The zero-order valence-corrected chi connectivity index (χ0v) is 21.7. The molecular formula is C26H46O3Si. The lowest BCUT2D eigenvalue weighted by atomic mass is 10.1. The van der Waals surface area contributed by atoms with E-state index < -0.39 is 14.4 Å². The molecule has 30 heavy (non-hydrogen) atoms. The number of hydrogen-bond acceptors (Lipinski definition) is 3. The van der Waals surface area contributed by atoms with Gasteiger partial charge in [0, 0.05) is 20.0 Å². The van der Waals surface area contributed by atoms with Crippen molar-refractivity contribution in [3.63, 3.8) is 0 Å². The molecule has 0 saturated carbocycles. The van der Waals surface area contributed by atoms with Gasteiger partial charge in [0.05, 0.1) is 0 Å². The summed E-state index contributed by atoms with van der Waals surface area (Å²) in [5.41, 5.74) is 0. The normalized spacial score (nSPS) is 13.4. The largest absolute Gasteiger partial charge is 0.445 e. The molecule has 1 atom stereocenters. The van der Waals surface area contributed by atoms with E-state index in [2.05, 4.69) is 64.8 Å². The van der Waals surface area contributed by atoms with E-state index in [9.17, 15) is 4.79 Å². The third-order valence-electron chi connectivity index (χ3n) is 5.49. The van der Waals surface area contributed by atoms with Gasteiger partial charge in [-0.1, -0.05) is 83.4 Å². The Morgan fingerprint density at radius 2 is 1.63 bits per heavy atom. The van der Waals surface area contributed by atoms with Crippen molar-refractivity contribution in [2.24, 2.45) is 0 Å². The summed E-state index contributed by atoms with van der Waals surface area (Å²) in [5.74, 6) is 5.95. The molecule has 0 aliphatic heterocycles. The lowest BCUT2D eigenvalue weighted by molar-refractivity contribution is -0.142. The van der Waals surface area contributed by atoms with Gasteiger partial charge in [-0.2, -0.15) is 0 Å². The number of rotatable bonds is 14. The maximum atomic E-state index is 11.2. The van der Waals surface area contributed by atoms with E-state index in [-0.39, 0.29) is 5.97 Å². The minimum atomic E-state index is -1.58. The Balaban J connectivity index is 3.93. The highest BCUT2D eigenvalue weighted by molar-refractivity contribution is 6.74. The van der Waals surface area contributed by atoms with Crippen LogP contribution in [0.4, 0.5) is 0 Å². The van der Waals surface area contributed by atoms with Crippen molar-refractivity contribution in [2.75, 3.05) is 6.61 Å². The van der Waals surface area contributed by atoms with Gasteiger partial charge in [0.2, 0.25) is 0 Å². The van der Waals surface area contributed by atoms with Gasteiger partial charge in [-0.3, -0.25) is 4.79 Å². The predicted octanol–water partition coefficient (Wildman–Crippen LogP) is 7.59. The fraction of sp³-hybridized carbons (Fsp3) is 0.731. The lowest BCUT2D eigenvalue weighted by Crippen LogP contribution is -2.40. The van der Waals surface area contributed by atoms with Crippen LogP contribution in [0.15, 0.2) is 24.3 Å². The monoisotopic (exact) mass is 434 g/mol. The van der Waals surface area contributed by atoms with Crippen molar-refractivity contribution in [1.29, 1.82) is 0 Å². The number of ether oxygens (including phenoxy) is 1. The Kier molecular flexibility index (Phi) is 15.7. The average Bonchev–Trinajstić information content (AvgIpc) is 2.64. The molecule has 0 rings (SSSR count). The molecule has 172 valence electrons. The third-order valence-corrected chi connectivity index (χ3v) is 10.0. The number of unbranched alkanes of at least 4 members (excludes halogenated alkanes) is 6. The molecule has 0 saturated heterocycles. The molecule has 0 aromatic heterocycles. The number of allylic oxidation sites excluding steroid dienone is 3. The van der Waals surface area contributed by atoms with Crippen molar-refractivity contribution in [3.8, 4) is 11.8 Å². The lowest BCUT2D eigenvalue weighted by Gasteiger charge is -2.36. The Hall–Kier alpha value is -1.31. The van der Waals surface area contributed by atoms with Gasteiger partial charge < -0.3 is 9.16 Å². The van der Waals surface area contributed by atoms with Crippen LogP contribution in [0.3, 0.4) is 0 Å². The Morgan fingerprint density at radius 3 is 2.23 bits per heavy atom. The van der Waals surface area contributed by atoms with Crippen LogP contribution < -0.4 is 0 Å². The van der Waals surface area contributed by atoms with Crippen LogP contribution in [-0.4, -0.2) is 27.0 Å². The van der Waals surface area contributed by atoms with Gasteiger partial charge in [0.15, 0.2) is 14.4 Å². The molecule has 0 N–H and O–H groups in total. The van der Waals surface area contributed by atoms with E-state index >= 15 is 0 Å². The van der Waals surface area contributed by atoms with Crippen LogP contribution in [0.1, 0.15) is 92.4 Å². The van der Waals surface area contributed by atoms with Crippen molar-refractivity contribution in [1.82, 2.24) is 0 Å². The molecule has 3 nitrogen and oxygen atoms in total. The van der Waals surface area contributed by atoms with Gasteiger partial charge in [0.25, 0.3) is 0 Å². The quantitative estimate of drug-likeness (QED) is 0.0928. The molecule has 0 bridgehead atoms. The zero-order chi connectivity index (χ0) is 22.9. The summed E-state index contributed by atoms with van der Waals surface area (Å²) in [6.45, 7) is 15.9. The highest BCUT2D eigenvalue weighted by Gasteiger charge is 2.36. The predicted molar refractivity (Wildman–Crippen MR) is 132 cm³/mol. The van der Waals surface area contributed by atoms with E-state index in [0.717, 1.165) is 38.7 Å². The van der Waals surface area contributed by atoms with Crippen LogP contribution >= 0.6 is 0 Å². The summed E-state index contributed by atoms with van der Waals surface area (Å²) >= 11 is 0. The zero-order valence-electron chi connectivity index (χ0n) is 20.7. The van der Waals surface area contributed by atoms with Crippen molar-refractivity contribution < 1.29 is 14.0 Å². The molecular weight excluding hydrogens is 388 g/mol. The van der Waals surface area contributed by atoms with E-state index in [1.807, 2.05) is 12.2 Å². The molecule has 0 aliphatic carbocycles. The van der Waals surface area contributed by atoms with Crippen molar-refractivity contribution >= 4 is 14.3 Å². The molecule has 4 heteroatoms. The smallest absolute Gasteiger partial charge is 0.304 e. The second kappa shape index (κ2) is 16.4. The summed E-state index contributed by atoms with van der Waals surface area (Å²) < 4.78 is 11.5. The Bertz CT molecular complexity index is 573. The first-order chi connectivity index (χ1) is 14.1. The van der Waals surface area contributed by atoms with Gasteiger partial charge in [-0.25, -0.2) is 0 Å². The van der Waals surface area contributed by atoms with Crippen LogP contribution in [-0.2, 0) is 14.0 Å². The number of hydrogen-bond donors (Lipinski definition) is 0.